The lowest BCUT2D eigenvalue weighted by Gasteiger charge is -2.41. The molecule has 1 amide bonds. The number of pyridine rings is 1. The summed E-state index contributed by atoms with van der Waals surface area (Å²) in [6.45, 7) is 13.8. The Bertz CT molecular complexity index is 931. The highest BCUT2D eigenvalue weighted by atomic mass is 16.5. The molecule has 0 saturated heterocycles. The predicted octanol–water partition coefficient (Wildman–Crippen LogP) is 5.50. The zero-order valence-electron chi connectivity index (χ0n) is 20.0. The second kappa shape index (κ2) is 9.29. The third kappa shape index (κ3) is 5.57. The molecule has 1 aromatic carbocycles. The average Bonchev–Trinajstić information content (AvgIpc) is 2.69. The summed E-state index contributed by atoms with van der Waals surface area (Å²) in [5.41, 5.74) is 4.22. The molecule has 168 valence electrons. The van der Waals surface area contributed by atoms with Crippen LogP contribution in [0.2, 0.25) is 0 Å². The Kier molecular flexibility index (Phi) is 6.93. The van der Waals surface area contributed by atoms with Crippen LogP contribution in [0.5, 0.6) is 11.5 Å². The number of aryl methyl sites for hydroxylation is 1. The number of fused-ring (bicyclic) bond motifs is 1. The van der Waals surface area contributed by atoms with Crippen molar-refractivity contribution in [3.63, 3.8) is 0 Å². The molecule has 0 bridgehead atoms. The van der Waals surface area contributed by atoms with Gasteiger partial charge in [-0.15, -0.1) is 0 Å². The molecule has 0 N–H and O–H groups in total. The van der Waals surface area contributed by atoms with Gasteiger partial charge in [0.15, 0.2) is 0 Å². The van der Waals surface area contributed by atoms with E-state index in [0.717, 1.165) is 35.9 Å². The number of amides is 1. The Morgan fingerprint density at radius 3 is 2.61 bits per heavy atom. The van der Waals surface area contributed by atoms with Crippen LogP contribution in [0.4, 0.5) is 0 Å². The molecule has 0 saturated carbocycles. The molecular formula is C26H36N2O3. The molecule has 5 nitrogen and oxygen atoms in total. The van der Waals surface area contributed by atoms with Crippen molar-refractivity contribution in [3.8, 4) is 11.5 Å². The molecule has 1 unspecified atom stereocenters. The number of ether oxygens (including phenoxy) is 2. The second-order valence-electron chi connectivity index (χ2n) is 10.0. The van der Waals surface area contributed by atoms with Crippen molar-refractivity contribution in [1.82, 2.24) is 9.88 Å². The van der Waals surface area contributed by atoms with Crippen molar-refractivity contribution in [2.45, 2.75) is 67.0 Å². The first-order valence-corrected chi connectivity index (χ1v) is 11.1. The van der Waals surface area contributed by atoms with E-state index in [0.29, 0.717) is 18.9 Å². The van der Waals surface area contributed by atoms with Crippen molar-refractivity contribution in [3.05, 3.63) is 52.8 Å². The maximum Gasteiger partial charge on any atom is 0.223 e. The van der Waals surface area contributed by atoms with Crippen molar-refractivity contribution in [2.24, 2.45) is 11.3 Å². The van der Waals surface area contributed by atoms with Crippen LogP contribution >= 0.6 is 0 Å². The van der Waals surface area contributed by atoms with E-state index in [4.69, 9.17) is 9.47 Å². The van der Waals surface area contributed by atoms with Crippen molar-refractivity contribution in [2.75, 3.05) is 13.7 Å². The van der Waals surface area contributed by atoms with Gasteiger partial charge in [0.25, 0.3) is 0 Å². The number of benzene rings is 1. The van der Waals surface area contributed by atoms with E-state index >= 15 is 0 Å². The van der Waals surface area contributed by atoms with Crippen LogP contribution < -0.4 is 9.47 Å². The fourth-order valence-electron chi connectivity index (χ4n) is 4.32. The van der Waals surface area contributed by atoms with E-state index in [2.05, 4.69) is 56.6 Å². The summed E-state index contributed by atoms with van der Waals surface area (Å²) in [4.78, 5) is 19.7. The number of aromatic nitrogens is 1. The van der Waals surface area contributed by atoms with Gasteiger partial charge in [-0.1, -0.05) is 40.7 Å². The number of methoxy groups -OCH3 is 1. The lowest BCUT2D eigenvalue weighted by Crippen LogP contribution is -2.43. The topological polar surface area (TPSA) is 51.7 Å². The number of hydrogen-bond acceptors (Lipinski definition) is 4. The fourth-order valence-corrected chi connectivity index (χ4v) is 4.32. The van der Waals surface area contributed by atoms with Crippen LogP contribution in [0.3, 0.4) is 0 Å². The minimum absolute atomic E-state index is 0.0124. The van der Waals surface area contributed by atoms with Crippen LogP contribution in [-0.2, 0) is 17.8 Å². The number of carbonyl (C=O) groups excluding carboxylic acids is 1. The van der Waals surface area contributed by atoms with Gasteiger partial charge in [0.1, 0.15) is 23.8 Å². The van der Waals surface area contributed by atoms with Gasteiger partial charge in [-0.2, -0.15) is 0 Å². The standard InChI is InChI=1S/C26H36N2O3/c1-17(2)25-21-10-9-20(31-16-22-23(30-7)11-8-18(3)27-22)14-19(21)12-13-28(25)24(29)15-26(4,5)6/h8-11,14,17,25H,12-13,15-16H2,1-7H3. The quantitative estimate of drug-likeness (QED) is 0.615. The molecule has 5 heteroatoms. The molecule has 0 radical (unpaired) electrons. The van der Waals surface area contributed by atoms with Gasteiger partial charge in [-0.05, 0) is 60.1 Å². The number of carbonyl (C=O) groups is 1. The van der Waals surface area contributed by atoms with E-state index in [-0.39, 0.29) is 17.4 Å². The third-order valence-electron chi connectivity index (χ3n) is 5.69. The first-order valence-electron chi connectivity index (χ1n) is 11.1. The van der Waals surface area contributed by atoms with Gasteiger partial charge in [0.05, 0.1) is 13.2 Å². The molecule has 3 rings (SSSR count). The van der Waals surface area contributed by atoms with Crippen LogP contribution in [0, 0.1) is 18.3 Å². The fraction of sp³-hybridized carbons (Fsp3) is 0.538. The van der Waals surface area contributed by atoms with Gasteiger partial charge in [0, 0.05) is 18.7 Å². The monoisotopic (exact) mass is 424 g/mol. The van der Waals surface area contributed by atoms with Crippen molar-refractivity contribution >= 4 is 5.91 Å². The molecule has 1 aliphatic heterocycles. The largest absolute Gasteiger partial charge is 0.495 e. The number of rotatable bonds is 6. The summed E-state index contributed by atoms with van der Waals surface area (Å²) < 4.78 is 11.5. The molecule has 1 aromatic heterocycles. The summed E-state index contributed by atoms with van der Waals surface area (Å²) >= 11 is 0. The smallest absolute Gasteiger partial charge is 0.223 e. The predicted molar refractivity (Wildman–Crippen MR) is 123 cm³/mol. The summed E-state index contributed by atoms with van der Waals surface area (Å²) in [6.07, 6.45) is 1.41. The summed E-state index contributed by atoms with van der Waals surface area (Å²) in [6, 6.07) is 10.2. The van der Waals surface area contributed by atoms with E-state index < -0.39 is 0 Å². The van der Waals surface area contributed by atoms with E-state index in [1.165, 1.54) is 11.1 Å². The van der Waals surface area contributed by atoms with Crippen LogP contribution in [0.25, 0.3) is 0 Å². The molecule has 1 aliphatic rings. The summed E-state index contributed by atoms with van der Waals surface area (Å²) in [7, 11) is 1.65. The Morgan fingerprint density at radius 2 is 1.97 bits per heavy atom. The minimum atomic E-state index is -0.0124. The van der Waals surface area contributed by atoms with Gasteiger partial charge in [-0.3, -0.25) is 9.78 Å². The lowest BCUT2D eigenvalue weighted by atomic mass is 9.84. The first-order chi connectivity index (χ1) is 14.6. The molecule has 2 heterocycles. The van der Waals surface area contributed by atoms with Crippen LogP contribution in [0.15, 0.2) is 30.3 Å². The van der Waals surface area contributed by atoms with E-state index in [1.807, 2.05) is 25.1 Å². The highest BCUT2D eigenvalue weighted by Crippen LogP contribution is 2.38. The van der Waals surface area contributed by atoms with E-state index in [9.17, 15) is 4.79 Å². The maximum absolute atomic E-state index is 13.0. The molecule has 0 fully saturated rings. The normalized spacial score (nSPS) is 16.3. The zero-order chi connectivity index (χ0) is 22.8. The summed E-state index contributed by atoms with van der Waals surface area (Å²) in [5.74, 6) is 2.14. The van der Waals surface area contributed by atoms with Gasteiger partial charge < -0.3 is 14.4 Å². The first kappa shape index (κ1) is 23.1. The highest BCUT2D eigenvalue weighted by molar-refractivity contribution is 5.78. The molecule has 2 aromatic rings. The maximum atomic E-state index is 13.0. The molecule has 0 spiro atoms. The van der Waals surface area contributed by atoms with Gasteiger partial charge >= 0.3 is 0 Å². The number of hydrogen-bond donors (Lipinski definition) is 0. The second-order valence-corrected chi connectivity index (χ2v) is 10.0. The Balaban J connectivity index is 1.79. The van der Waals surface area contributed by atoms with Crippen LogP contribution in [-0.4, -0.2) is 29.4 Å². The van der Waals surface area contributed by atoms with Gasteiger partial charge in [-0.25, -0.2) is 0 Å². The lowest BCUT2D eigenvalue weighted by molar-refractivity contribution is -0.137. The Morgan fingerprint density at radius 1 is 1.23 bits per heavy atom. The number of nitrogens with zero attached hydrogens (tertiary/aromatic N) is 2. The molecule has 31 heavy (non-hydrogen) atoms. The Labute approximate surface area is 186 Å². The average molecular weight is 425 g/mol. The summed E-state index contributed by atoms with van der Waals surface area (Å²) in [5, 5.41) is 0. The zero-order valence-corrected chi connectivity index (χ0v) is 20.0. The minimum Gasteiger partial charge on any atom is -0.495 e. The van der Waals surface area contributed by atoms with E-state index in [1.54, 1.807) is 7.11 Å². The van der Waals surface area contributed by atoms with Gasteiger partial charge in [0.2, 0.25) is 5.91 Å². The Hall–Kier alpha value is -2.56. The third-order valence-corrected chi connectivity index (χ3v) is 5.69. The van der Waals surface area contributed by atoms with Crippen molar-refractivity contribution < 1.29 is 14.3 Å². The van der Waals surface area contributed by atoms with Crippen molar-refractivity contribution in [1.29, 1.82) is 0 Å². The molecule has 0 aliphatic carbocycles. The SMILES string of the molecule is COc1ccc(C)nc1COc1ccc2c(c1)CCN(C(=O)CC(C)(C)C)C2C(C)C. The molecule has 1 atom stereocenters. The van der Waals surface area contributed by atoms with Crippen LogP contribution in [0.1, 0.15) is 69.6 Å². The highest BCUT2D eigenvalue weighted by Gasteiger charge is 2.34. The molecular weight excluding hydrogens is 388 g/mol.